The Balaban J connectivity index is 1.82. The summed E-state index contributed by atoms with van der Waals surface area (Å²) in [7, 11) is 0. The number of ether oxygens (including phenoxy) is 2. The van der Waals surface area contributed by atoms with E-state index in [9.17, 15) is 0 Å². The van der Waals surface area contributed by atoms with Gasteiger partial charge in [0.1, 0.15) is 12.7 Å². The van der Waals surface area contributed by atoms with Crippen LogP contribution in [0.25, 0.3) is 0 Å². The minimum Gasteiger partial charge on any atom is -0.474 e. The molecule has 1 fully saturated rings. The van der Waals surface area contributed by atoms with E-state index >= 15 is 0 Å². The van der Waals surface area contributed by atoms with Crippen molar-refractivity contribution in [2.45, 2.75) is 26.1 Å². The van der Waals surface area contributed by atoms with Crippen molar-refractivity contribution in [2.75, 3.05) is 19.7 Å². The Morgan fingerprint density at radius 1 is 1.56 bits per heavy atom. The van der Waals surface area contributed by atoms with Gasteiger partial charge in [-0.25, -0.2) is 0 Å². The summed E-state index contributed by atoms with van der Waals surface area (Å²) < 4.78 is 11.2. The summed E-state index contributed by atoms with van der Waals surface area (Å²) in [6.45, 7) is 6.24. The van der Waals surface area contributed by atoms with Gasteiger partial charge in [-0.15, -0.1) is 5.10 Å². The molecule has 0 bridgehead atoms. The highest BCUT2D eigenvalue weighted by atomic mass is 16.5. The molecule has 88 valence electrons. The molecular weight excluding hydrogens is 206 g/mol. The summed E-state index contributed by atoms with van der Waals surface area (Å²) in [5, 5.41) is 11.0. The minimum atomic E-state index is 0.0889. The van der Waals surface area contributed by atoms with Crippen LogP contribution in [-0.2, 0) is 4.74 Å². The van der Waals surface area contributed by atoms with E-state index in [1.54, 1.807) is 6.20 Å². The monoisotopic (exact) mass is 223 g/mol. The van der Waals surface area contributed by atoms with Crippen molar-refractivity contribution in [3.63, 3.8) is 0 Å². The van der Waals surface area contributed by atoms with Crippen LogP contribution >= 0.6 is 0 Å². The number of aromatic nitrogens is 2. The smallest absolute Gasteiger partial charge is 0.233 e. The quantitative estimate of drug-likeness (QED) is 0.810. The summed E-state index contributed by atoms with van der Waals surface area (Å²) in [5.41, 5.74) is 1.04. The van der Waals surface area contributed by atoms with Gasteiger partial charge in [-0.2, -0.15) is 5.10 Å². The molecule has 2 unspecified atom stereocenters. The predicted molar refractivity (Wildman–Crippen MR) is 59.5 cm³/mol. The average molecular weight is 223 g/mol. The van der Waals surface area contributed by atoms with Crippen LogP contribution < -0.4 is 10.1 Å². The first-order valence-electron chi connectivity index (χ1n) is 5.52. The van der Waals surface area contributed by atoms with Crippen LogP contribution in [0.1, 0.15) is 12.5 Å². The van der Waals surface area contributed by atoms with Gasteiger partial charge in [-0.05, 0) is 19.4 Å². The lowest BCUT2D eigenvalue weighted by atomic mass is 10.2. The number of hydrogen-bond donors (Lipinski definition) is 1. The highest BCUT2D eigenvalue weighted by Gasteiger charge is 2.19. The van der Waals surface area contributed by atoms with Gasteiger partial charge in [-0.3, -0.25) is 0 Å². The van der Waals surface area contributed by atoms with E-state index in [-0.39, 0.29) is 12.2 Å². The number of nitrogens with zero attached hydrogens (tertiary/aromatic N) is 2. The molecule has 5 nitrogen and oxygen atoms in total. The van der Waals surface area contributed by atoms with E-state index in [2.05, 4.69) is 15.5 Å². The van der Waals surface area contributed by atoms with Crippen LogP contribution in [0.3, 0.4) is 0 Å². The molecule has 2 rings (SSSR count). The minimum absolute atomic E-state index is 0.0889. The Morgan fingerprint density at radius 3 is 3.19 bits per heavy atom. The van der Waals surface area contributed by atoms with E-state index < -0.39 is 0 Å². The largest absolute Gasteiger partial charge is 0.474 e. The summed E-state index contributed by atoms with van der Waals surface area (Å²) >= 11 is 0. The zero-order chi connectivity index (χ0) is 11.4. The van der Waals surface area contributed by atoms with Crippen molar-refractivity contribution in [2.24, 2.45) is 0 Å². The second-order valence-corrected chi connectivity index (χ2v) is 4.11. The molecule has 0 amide bonds. The maximum atomic E-state index is 5.70. The Hall–Kier alpha value is -1.20. The number of aryl methyl sites for hydroxylation is 1. The number of rotatable bonds is 3. The van der Waals surface area contributed by atoms with Crippen molar-refractivity contribution in [3.8, 4) is 5.88 Å². The fourth-order valence-electron chi connectivity index (χ4n) is 1.66. The lowest BCUT2D eigenvalue weighted by molar-refractivity contribution is -0.0477. The molecule has 0 saturated carbocycles. The molecule has 1 aliphatic heterocycles. The molecule has 16 heavy (non-hydrogen) atoms. The third-order valence-electron chi connectivity index (χ3n) is 2.41. The van der Waals surface area contributed by atoms with Gasteiger partial charge >= 0.3 is 0 Å². The van der Waals surface area contributed by atoms with Crippen LogP contribution in [0.2, 0.25) is 0 Å². The number of morpholine rings is 1. The molecule has 0 radical (unpaired) electrons. The van der Waals surface area contributed by atoms with Crippen molar-refractivity contribution in [1.29, 1.82) is 0 Å². The van der Waals surface area contributed by atoms with E-state index in [1.165, 1.54) is 0 Å². The fraction of sp³-hybridized carbons (Fsp3) is 0.636. The maximum Gasteiger partial charge on any atom is 0.233 e. The van der Waals surface area contributed by atoms with Crippen LogP contribution in [0.15, 0.2) is 12.3 Å². The predicted octanol–water partition coefficient (Wildman–Crippen LogP) is 0.541. The molecule has 1 aromatic heterocycles. The summed E-state index contributed by atoms with van der Waals surface area (Å²) in [4.78, 5) is 0. The lowest BCUT2D eigenvalue weighted by Gasteiger charge is -2.28. The highest BCUT2D eigenvalue weighted by molar-refractivity contribution is 5.14. The van der Waals surface area contributed by atoms with Crippen molar-refractivity contribution in [3.05, 3.63) is 17.8 Å². The Labute approximate surface area is 95.2 Å². The average Bonchev–Trinajstić information content (AvgIpc) is 2.27. The molecule has 2 heterocycles. The van der Waals surface area contributed by atoms with Crippen molar-refractivity contribution < 1.29 is 9.47 Å². The first-order valence-corrected chi connectivity index (χ1v) is 5.52. The van der Waals surface area contributed by atoms with Gasteiger partial charge in [0, 0.05) is 19.2 Å². The third kappa shape index (κ3) is 3.15. The second kappa shape index (κ2) is 5.23. The first kappa shape index (κ1) is 11.3. The molecular formula is C11H17N3O2. The topological polar surface area (TPSA) is 56.3 Å². The van der Waals surface area contributed by atoms with E-state index in [1.807, 2.05) is 19.9 Å². The number of nitrogens with one attached hydrogen (secondary N) is 1. The van der Waals surface area contributed by atoms with Gasteiger partial charge in [0.15, 0.2) is 0 Å². The maximum absolute atomic E-state index is 5.70. The van der Waals surface area contributed by atoms with Crippen LogP contribution in [0.5, 0.6) is 5.88 Å². The van der Waals surface area contributed by atoms with Crippen molar-refractivity contribution in [1.82, 2.24) is 15.5 Å². The zero-order valence-electron chi connectivity index (χ0n) is 9.64. The molecule has 5 heteroatoms. The standard InChI is InChI=1S/C11H17N3O2/c1-8-3-11(14-13-4-8)15-7-10-6-12-5-9(2)16-10/h3-4,9-10,12H,5-7H2,1-2H3. The van der Waals surface area contributed by atoms with Gasteiger partial charge in [0.25, 0.3) is 0 Å². The van der Waals surface area contributed by atoms with Gasteiger partial charge in [-0.1, -0.05) is 0 Å². The normalized spacial score (nSPS) is 25.4. The van der Waals surface area contributed by atoms with E-state index in [0.717, 1.165) is 18.7 Å². The number of hydrogen-bond acceptors (Lipinski definition) is 5. The Kier molecular flexibility index (Phi) is 3.69. The summed E-state index contributed by atoms with van der Waals surface area (Å²) in [6, 6.07) is 1.87. The molecule has 0 aromatic carbocycles. The van der Waals surface area contributed by atoms with Crippen LogP contribution in [0, 0.1) is 6.92 Å². The molecule has 1 aromatic rings. The molecule has 0 spiro atoms. The van der Waals surface area contributed by atoms with Gasteiger partial charge < -0.3 is 14.8 Å². The summed E-state index contributed by atoms with van der Waals surface area (Å²) in [6.07, 6.45) is 2.03. The lowest BCUT2D eigenvalue weighted by Crippen LogP contribution is -2.45. The molecule has 0 aliphatic carbocycles. The Bertz CT molecular complexity index is 346. The molecule has 1 saturated heterocycles. The molecule has 1 aliphatic rings. The molecule has 1 N–H and O–H groups in total. The van der Waals surface area contributed by atoms with Gasteiger partial charge in [0.2, 0.25) is 5.88 Å². The first-order chi connectivity index (χ1) is 7.74. The zero-order valence-corrected chi connectivity index (χ0v) is 9.64. The van der Waals surface area contributed by atoms with E-state index in [0.29, 0.717) is 12.5 Å². The van der Waals surface area contributed by atoms with E-state index in [4.69, 9.17) is 9.47 Å². The van der Waals surface area contributed by atoms with Crippen LogP contribution in [-0.4, -0.2) is 42.1 Å². The molecule has 2 atom stereocenters. The summed E-state index contributed by atoms with van der Waals surface area (Å²) in [5.74, 6) is 0.557. The SMILES string of the molecule is Cc1cnnc(OCC2CNCC(C)O2)c1. The highest BCUT2D eigenvalue weighted by Crippen LogP contribution is 2.09. The van der Waals surface area contributed by atoms with Crippen molar-refractivity contribution >= 4 is 0 Å². The third-order valence-corrected chi connectivity index (χ3v) is 2.41. The Morgan fingerprint density at radius 2 is 2.44 bits per heavy atom. The fourth-order valence-corrected chi connectivity index (χ4v) is 1.66. The second-order valence-electron chi connectivity index (χ2n) is 4.11. The van der Waals surface area contributed by atoms with Gasteiger partial charge in [0.05, 0.1) is 12.3 Å². The van der Waals surface area contributed by atoms with Crippen LogP contribution in [0.4, 0.5) is 0 Å².